The first kappa shape index (κ1) is 18.4. The number of carbonyl (C=O) groups excluding carboxylic acids is 1. The quantitative estimate of drug-likeness (QED) is 0.468. The molecule has 0 aliphatic carbocycles. The lowest BCUT2D eigenvalue weighted by atomic mass is 9.93. The number of rotatable bonds is 2. The summed E-state index contributed by atoms with van der Waals surface area (Å²) in [5.74, 6) is -1.94. The lowest BCUT2D eigenvalue weighted by molar-refractivity contribution is -0.384. The van der Waals surface area contributed by atoms with Gasteiger partial charge in [-0.2, -0.15) is 13.2 Å². The zero-order valence-electron chi connectivity index (χ0n) is 14.2. The second kappa shape index (κ2) is 6.55. The van der Waals surface area contributed by atoms with Gasteiger partial charge in [0, 0.05) is 30.8 Å². The van der Waals surface area contributed by atoms with Crippen LogP contribution in [-0.4, -0.2) is 33.4 Å². The van der Waals surface area contributed by atoms with Gasteiger partial charge in [-0.15, -0.1) is 11.3 Å². The number of para-hydroxylation sites is 1. The monoisotopic (exact) mass is 407 g/mol. The molecule has 1 amide bonds. The molecule has 1 aliphatic rings. The Hall–Kier alpha value is -3.01. The van der Waals surface area contributed by atoms with E-state index in [-0.39, 0.29) is 25.2 Å². The highest BCUT2D eigenvalue weighted by atomic mass is 32.1. The fourth-order valence-corrected chi connectivity index (χ4v) is 4.33. The zero-order valence-corrected chi connectivity index (χ0v) is 15.0. The maximum atomic E-state index is 12.8. The summed E-state index contributed by atoms with van der Waals surface area (Å²) in [5.41, 5.74) is 2.06. The van der Waals surface area contributed by atoms with Gasteiger partial charge in [0.25, 0.3) is 5.69 Å². The maximum Gasteiger partial charge on any atom is 0.471 e. The van der Waals surface area contributed by atoms with Crippen LogP contribution in [0.25, 0.3) is 20.8 Å². The maximum absolute atomic E-state index is 12.8. The number of nitro groups is 1. The van der Waals surface area contributed by atoms with Crippen LogP contribution >= 0.6 is 11.3 Å². The summed E-state index contributed by atoms with van der Waals surface area (Å²) in [6, 6.07) is 10.0. The van der Waals surface area contributed by atoms with Crippen molar-refractivity contribution in [3.63, 3.8) is 0 Å². The third-order valence-electron chi connectivity index (χ3n) is 4.58. The van der Waals surface area contributed by atoms with Crippen LogP contribution in [0, 0.1) is 10.1 Å². The minimum atomic E-state index is -4.98. The molecule has 6 nitrogen and oxygen atoms in total. The zero-order chi connectivity index (χ0) is 20.1. The van der Waals surface area contributed by atoms with Gasteiger partial charge in [0.2, 0.25) is 0 Å². The Bertz CT molecular complexity index is 1080. The Morgan fingerprint density at radius 2 is 2.00 bits per heavy atom. The fraction of sp³-hybridized carbons (Fsp3) is 0.222. The van der Waals surface area contributed by atoms with E-state index < -0.39 is 17.0 Å². The van der Waals surface area contributed by atoms with Crippen LogP contribution in [0.1, 0.15) is 11.1 Å². The molecule has 0 radical (unpaired) electrons. The number of nitro benzene ring substituents is 1. The number of thiazole rings is 1. The summed E-state index contributed by atoms with van der Waals surface area (Å²) in [4.78, 5) is 27.5. The standard InChI is InChI=1S/C18H12F3N3O3S/c19-18(20,21)17(25)23-6-5-12-10(9-23)7-11(24(26)27)8-13(12)16-22-14-3-1-2-4-15(14)28-16/h1-4,7-8H,5-6,9H2. The summed E-state index contributed by atoms with van der Waals surface area (Å²) in [5, 5.41) is 11.9. The summed E-state index contributed by atoms with van der Waals surface area (Å²) < 4.78 is 39.2. The van der Waals surface area contributed by atoms with Gasteiger partial charge in [0.15, 0.2) is 0 Å². The summed E-state index contributed by atoms with van der Waals surface area (Å²) in [7, 11) is 0. The minimum Gasteiger partial charge on any atom is -0.330 e. The van der Waals surface area contributed by atoms with Gasteiger partial charge in [-0.25, -0.2) is 4.98 Å². The number of aromatic nitrogens is 1. The highest BCUT2D eigenvalue weighted by Gasteiger charge is 2.43. The number of nitrogens with zero attached hydrogens (tertiary/aromatic N) is 3. The highest BCUT2D eigenvalue weighted by Crippen LogP contribution is 2.38. The number of halogens is 3. The number of hydrogen-bond donors (Lipinski definition) is 0. The number of alkyl halides is 3. The van der Waals surface area contributed by atoms with Crippen LogP contribution in [0.3, 0.4) is 0 Å². The normalized spacial score (nSPS) is 14.2. The summed E-state index contributed by atoms with van der Waals surface area (Å²) >= 11 is 1.36. The second-order valence-electron chi connectivity index (χ2n) is 6.35. The molecule has 28 heavy (non-hydrogen) atoms. The predicted octanol–water partition coefficient (Wildman–Crippen LogP) is 4.32. The molecule has 0 bridgehead atoms. The minimum absolute atomic E-state index is 0.110. The molecular formula is C18H12F3N3O3S. The van der Waals surface area contributed by atoms with E-state index in [1.807, 2.05) is 24.3 Å². The first-order valence-electron chi connectivity index (χ1n) is 8.26. The van der Waals surface area contributed by atoms with Gasteiger partial charge in [-0.3, -0.25) is 14.9 Å². The third kappa shape index (κ3) is 3.19. The summed E-state index contributed by atoms with van der Waals surface area (Å²) in [6.45, 7) is -0.436. The molecule has 2 aromatic carbocycles. The number of fused-ring (bicyclic) bond motifs is 2. The molecule has 2 heterocycles. The Balaban J connectivity index is 1.82. The van der Waals surface area contributed by atoms with E-state index >= 15 is 0 Å². The fourth-order valence-electron chi connectivity index (χ4n) is 3.32. The number of benzene rings is 2. The van der Waals surface area contributed by atoms with E-state index in [4.69, 9.17) is 0 Å². The van der Waals surface area contributed by atoms with Gasteiger partial charge < -0.3 is 4.90 Å². The molecule has 0 saturated carbocycles. The van der Waals surface area contributed by atoms with Crippen molar-refractivity contribution < 1.29 is 22.9 Å². The second-order valence-corrected chi connectivity index (χ2v) is 7.38. The number of carbonyl (C=O) groups is 1. The molecule has 4 rings (SSSR count). The van der Waals surface area contributed by atoms with Crippen LogP contribution < -0.4 is 0 Å². The molecule has 1 aliphatic heterocycles. The topological polar surface area (TPSA) is 76.3 Å². The number of non-ortho nitro benzene ring substituents is 1. The van der Waals surface area contributed by atoms with Gasteiger partial charge in [0.1, 0.15) is 5.01 Å². The lowest BCUT2D eigenvalue weighted by Gasteiger charge is -2.30. The van der Waals surface area contributed by atoms with E-state index in [1.54, 1.807) is 0 Å². The van der Waals surface area contributed by atoms with Crippen LogP contribution in [0.5, 0.6) is 0 Å². The van der Waals surface area contributed by atoms with E-state index in [9.17, 15) is 28.1 Å². The SMILES string of the molecule is O=C(N1CCc2c(cc([N+](=O)[O-])cc2-c2nc3ccccc3s2)C1)C(F)(F)F. The highest BCUT2D eigenvalue weighted by molar-refractivity contribution is 7.21. The van der Waals surface area contributed by atoms with Gasteiger partial charge >= 0.3 is 12.1 Å². The van der Waals surface area contributed by atoms with E-state index in [2.05, 4.69) is 4.98 Å². The molecule has 0 N–H and O–H groups in total. The average molecular weight is 407 g/mol. The first-order chi connectivity index (χ1) is 13.2. The average Bonchev–Trinajstić information content (AvgIpc) is 3.09. The Labute approximate surface area is 160 Å². The van der Waals surface area contributed by atoms with Crippen LogP contribution in [0.4, 0.5) is 18.9 Å². The van der Waals surface area contributed by atoms with Crippen molar-refractivity contribution in [3.8, 4) is 10.6 Å². The molecule has 1 aromatic heterocycles. The molecular weight excluding hydrogens is 395 g/mol. The van der Waals surface area contributed by atoms with Gasteiger partial charge in [0.05, 0.1) is 15.1 Å². The largest absolute Gasteiger partial charge is 0.471 e. The molecule has 0 spiro atoms. The van der Waals surface area contributed by atoms with E-state index in [1.165, 1.54) is 23.5 Å². The van der Waals surface area contributed by atoms with Gasteiger partial charge in [-0.1, -0.05) is 12.1 Å². The molecule has 10 heteroatoms. The van der Waals surface area contributed by atoms with E-state index in [0.717, 1.165) is 10.2 Å². The van der Waals surface area contributed by atoms with Gasteiger partial charge in [-0.05, 0) is 29.7 Å². The number of hydrogen-bond acceptors (Lipinski definition) is 5. The Morgan fingerprint density at radius 1 is 1.25 bits per heavy atom. The van der Waals surface area contributed by atoms with Crippen molar-refractivity contribution in [1.29, 1.82) is 0 Å². The van der Waals surface area contributed by atoms with Crippen molar-refractivity contribution in [2.45, 2.75) is 19.1 Å². The Kier molecular flexibility index (Phi) is 4.30. The molecule has 3 aromatic rings. The molecule has 144 valence electrons. The first-order valence-corrected chi connectivity index (χ1v) is 9.08. The lowest BCUT2D eigenvalue weighted by Crippen LogP contribution is -2.43. The van der Waals surface area contributed by atoms with Crippen LogP contribution in [-0.2, 0) is 17.8 Å². The third-order valence-corrected chi connectivity index (χ3v) is 5.65. The van der Waals surface area contributed by atoms with Crippen molar-refractivity contribution >= 4 is 33.1 Å². The van der Waals surface area contributed by atoms with E-state index in [0.29, 0.717) is 26.6 Å². The van der Waals surface area contributed by atoms with Crippen LogP contribution in [0.2, 0.25) is 0 Å². The van der Waals surface area contributed by atoms with Crippen LogP contribution in [0.15, 0.2) is 36.4 Å². The molecule has 0 fully saturated rings. The van der Waals surface area contributed by atoms with Crippen molar-refractivity contribution in [2.75, 3.05) is 6.54 Å². The van der Waals surface area contributed by atoms with Crippen molar-refractivity contribution in [1.82, 2.24) is 9.88 Å². The predicted molar refractivity (Wildman–Crippen MR) is 96.9 cm³/mol. The van der Waals surface area contributed by atoms with Crippen molar-refractivity contribution in [3.05, 3.63) is 57.6 Å². The summed E-state index contributed by atoms with van der Waals surface area (Å²) in [6.07, 6.45) is -4.81. The van der Waals surface area contributed by atoms with Crippen molar-refractivity contribution in [2.24, 2.45) is 0 Å². The smallest absolute Gasteiger partial charge is 0.330 e. The Morgan fingerprint density at radius 3 is 2.68 bits per heavy atom. The number of amides is 1. The molecule has 0 saturated heterocycles. The molecule has 0 unspecified atom stereocenters. The molecule has 0 atom stereocenters.